The first-order chi connectivity index (χ1) is 32.6. The van der Waals surface area contributed by atoms with Crippen LogP contribution in [0.4, 0.5) is 0 Å². The molecule has 0 fully saturated rings. The number of hydrogen-bond donors (Lipinski definition) is 0. The summed E-state index contributed by atoms with van der Waals surface area (Å²) in [4.78, 5) is 15.4. The summed E-state index contributed by atoms with van der Waals surface area (Å²) >= 11 is 0. The van der Waals surface area contributed by atoms with Crippen LogP contribution in [0.3, 0.4) is 0 Å². The summed E-state index contributed by atoms with van der Waals surface area (Å²) in [7, 11) is 0. The van der Waals surface area contributed by atoms with Gasteiger partial charge in [0.25, 0.3) is 0 Å². The van der Waals surface area contributed by atoms with Gasteiger partial charge in [-0.1, -0.05) is 200 Å². The number of rotatable bonds is 8. The van der Waals surface area contributed by atoms with E-state index in [1.807, 2.05) is 97.1 Å². The molecule has 0 aliphatic rings. The predicted octanol–water partition coefficient (Wildman–Crippen LogP) is 15.3. The minimum absolute atomic E-state index is 0.544. The van der Waals surface area contributed by atoms with Gasteiger partial charge in [-0.15, -0.1) is 0 Å². The molecule has 0 bridgehead atoms. The Bertz CT molecular complexity index is 3710. The molecule has 11 rings (SSSR count). The number of hydrogen-bond acceptors (Lipinski definition) is 5. The lowest BCUT2D eigenvalue weighted by Gasteiger charge is -2.16. The van der Waals surface area contributed by atoms with Crippen molar-refractivity contribution in [1.82, 2.24) is 15.0 Å². The summed E-state index contributed by atoms with van der Waals surface area (Å²) in [5.74, 6) is 1.65. The van der Waals surface area contributed by atoms with Crippen molar-refractivity contribution >= 4 is 21.5 Å². The van der Waals surface area contributed by atoms with Crippen molar-refractivity contribution in [2.75, 3.05) is 0 Å². The molecule has 66 heavy (non-hydrogen) atoms. The Balaban J connectivity index is 0.997. The Kier molecular flexibility index (Phi) is 10.3. The van der Waals surface area contributed by atoms with Crippen LogP contribution in [0.5, 0.6) is 0 Å². The average molecular weight is 840 g/mol. The van der Waals surface area contributed by atoms with Gasteiger partial charge in [0.05, 0.1) is 23.3 Å². The molecular formula is C61H37N5. The van der Waals surface area contributed by atoms with E-state index in [-0.39, 0.29) is 0 Å². The maximum atomic E-state index is 10.5. The van der Waals surface area contributed by atoms with Crippen LogP contribution in [-0.4, -0.2) is 15.0 Å². The Morgan fingerprint density at radius 3 is 1.47 bits per heavy atom. The van der Waals surface area contributed by atoms with Gasteiger partial charge in [-0.25, -0.2) is 15.0 Å². The molecule has 1 aromatic heterocycles. The second-order valence-electron chi connectivity index (χ2n) is 16.1. The lowest BCUT2D eigenvalue weighted by atomic mass is 9.88. The molecule has 0 aliphatic carbocycles. The van der Waals surface area contributed by atoms with Gasteiger partial charge >= 0.3 is 0 Å². The Morgan fingerprint density at radius 2 is 0.788 bits per heavy atom. The molecule has 1 heterocycles. The fourth-order valence-corrected chi connectivity index (χ4v) is 9.08. The lowest BCUT2D eigenvalue weighted by molar-refractivity contribution is 1.07. The van der Waals surface area contributed by atoms with Gasteiger partial charge in [-0.3, -0.25) is 0 Å². The van der Waals surface area contributed by atoms with Gasteiger partial charge in [0.2, 0.25) is 0 Å². The van der Waals surface area contributed by atoms with Crippen LogP contribution in [0.2, 0.25) is 0 Å². The van der Waals surface area contributed by atoms with E-state index < -0.39 is 0 Å². The smallest absolute Gasteiger partial charge is 0.164 e. The highest BCUT2D eigenvalue weighted by Crippen LogP contribution is 2.41. The van der Waals surface area contributed by atoms with E-state index >= 15 is 0 Å². The van der Waals surface area contributed by atoms with E-state index in [9.17, 15) is 10.5 Å². The Morgan fingerprint density at radius 1 is 0.303 bits per heavy atom. The van der Waals surface area contributed by atoms with Crippen LogP contribution in [0, 0.1) is 22.7 Å². The summed E-state index contributed by atoms with van der Waals surface area (Å²) in [6, 6.07) is 81.0. The maximum Gasteiger partial charge on any atom is 0.164 e. The monoisotopic (exact) mass is 839 g/mol. The van der Waals surface area contributed by atoms with Crippen LogP contribution in [0.15, 0.2) is 224 Å². The van der Waals surface area contributed by atoms with Crippen LogP contribution < -0.4 is 0 Å². The number of aromatic nitrogens is 3. The van der Waals surface area contributed by atoms with Crippen molar-refractivity contribution in [2.45, 2.75) is 0 Å². The van der Waals surface area contributed by atoms with E-state index in [4.69, 9.17) is 15.0 Å². The van der Waals surface area contributed by atoms with Gasteiger partial charge in [0.1, 0.15) is 0 Å². The zero-order chi connectivity index (χ0) is 44.4. The standard InChI is InChI=1S/C61H37N5/c62-38-40-27-29-42(30-28-40)50-20-6-8-23-55(50)60-64-59(46-14-2-1-3-15-46)65-61(66-60)56-24-9-7-21-51(56)43-32-35-45(36-33-43)57-49(39-63)19-12-25-53(57)47-17-10-18-48(37-47)54-26-11-16-44-34-31-41-13-4-5-22-52(41)58(44)54/h1-37H. The molecule has 0 amide bonds. The summed E-state index contributed by atoms with van der Waals surface area (Å²) in [5.41, 5.74) is 13.8. The second kappa shape index (κ2) is 17.1. The third-order valence-electron chi connectivity index (χ3n) is 12.3. The van der Waals surface area contributed by atoms with Crippen molar-refractivity contribution in [3.63, 3.8) is 0 Å². The summed E-state index contributed by atoms with van der Waals surface area (Å²) < 4.78 is 0. The van der Waals surface area contributed by atoms with Gasteiger partial charge < -0.3 is 0 Å². The first-order valence-corrected chi connectivity index (χ1v) is 21.8. The zero-order valence-electron chi connectivity index (χ0n) is 35.6. The molecule has 0 atom stereocenters. The summed E-state index contributed by atoms with van der Waals surface area (Å²) in [6.07, 6.45) is 0. The average Bonchev–Trinajstić information content (AvgIpc) is 3.40. The molecule has 11 aromatic rings. The van der Waals surface area contributed by atoms with E-state index in [1.165, 1.54) is 27.1 Å². The van der Waals surface area contributed by atoms with Crippen LogP contribution in [0.1, 0.15) is 11.1 Å². The SMILES string of the molecule is N#Cc1ccc(-c2ccccc2-c2nc(-c3ccccc3)nc(-c3ccccc3-c3ccc(-c4c(C#N)cccc4-c4cccc(-c5cccc6ccc7ccccc7c56)c4)cc3)n2)cc1. The van der Waals surface area contributed by atoms with Gasteiger partial charge in [-0.2, -0.15) is 10.5 Å². The van der Waals surface area contributed by atoms with Crippen LogP contribution >= 0.6 is 0 Å². The molecule has 0 saturated carbocycles. The molecular weight excluding hydrogens is 803 g/mol. The second-order valence-corrected chi connectivity index (χ2v) is 16.1. The topological polar surface area (TPSA) is 86.2 Å². The van der Waals surface area contributed by atoms with Crippen molar-refractivity contribution in [2.24, 2.45) is 0 Å². The molecule has 5 heteroatoms. The van der Waals surface area contributed by atoms with Gasteiger partial charge in [0.15, 0.2) is 17.5 Å². The Labute approximate surface area is 382 Å². The maximum absolute atomic E-state index is 10.5. The zero-order valence-corrected chi connectivity index (χ0v) is 35.6. The minimum Gasteiger partial charge on any atom is -0.208 e. The van der Waals surface area contributed by atoms with E-state index in [0.29, 0.717) is 28.6 Å². The Hall–Kier alpha value is -9.29. The third-order valence-corrected chi connectivity index (χ3v) is 12.3. The summed E-state index contributed by atoms with van der Waals surface area (Å²) in [5, 5.41) is 24.8. The van der Waals surface area contributed by atoms with Crippen LogP contribution in [0.25, 0.3) is 111 Å². The molecule has 306 valence electrons. The largest absolute Gasteiger partial charge is 0.208 e. The summed E-state index contributed by atoms with van der Waals surface area (Å²) in [6.45, 7) is 0. The van der Waals surface area contributed by atoms with Crippen molar-refractivity contribution in [3.8, 4) is 102 Å². The minimum atomic E-state index is 0.544. The molecule has 0 aliphatic heterocycles. The molecule has 0 radical (unpaired) electrons. The first kappa shape index (κ1) is 39.5. The highest BCUT2D eigenvalue weighted by molar-refractivity contribution is 6.14. The number of benzene rings is 10. The molecule has 0 unspecified atom stereocenters. The van der Waals surface area contributed by atoms with Gasteiger partial charge in [0, 0.05) is 22.3 Å². The quantitative estimate of drug-likeness (QED) is 0.142. The molecule has 5 nitrogen and oxygen atoms in total. The van der Waals surface area contributed by atoms with E-state index in [1.54, 1.807) is 0 Å². The number of nitriles is 2. The molecule has 0 saturated heterocycles. The molecule has 0 spiro atoms. The van der Waals surface area contributed by atoms with Crippen LogP contribution in [-0.2, 0) is 0 Å². The number of fused-ring (bicyclic) bond motifs is 3. The lowest BCUT2D eigenvalue weighted by Crippen LogP contribution is -2.02. The normalized spacial score (nSPS) is 11.0. The van der Waals surface area contributed by atoms with E-state index in [0.717, 1.165) is 66.8 Å². The fraction of sp³-hybridized carbons (Fsp3) is 0. The number of nitrogens with zero attached hydrogens (tertiary/aromatic N) is 5. The van der Waals surface area contributed by atoms with Gasteiger partial charge in [-0.05, 0) is 95.9 Å². The molecule has 10 aromatic carbocycles. The highest BCUT2D eigenvalue weighted by Gasteiger charge is 2.19. The molecule has 0 N–H and O–H groups in total. The van der Waals surface area contributed by atoms with Crippen molar-refractivity contribution in [1.29, 1.82) is 10.5 Å². The first-order valence-electron chi connectivity index (χ1n) is 21.8. The van der Waals surface area contributed by atoms with Crippen molar-refractivity contribution in [3.05, 3.63) is 236 Å². The fourth-order valence-electron chi connectivity index (χ4n) is 9.08. The van der Waals surface area contributed by atoms with Crippen molar-refractivity contribution < 1.29 is 0 Å². The third kappa shape index (κ3) is 7.33. The predicted molar refractivity (Wildman–Crippen MR) is 268 cm³/mol. The van der Waals surface area contributed by atoms with E-state index in [2.05, 4.69) is 140 Å². The highest BCUT2D eigenvalue weighted by atomic mass is 15.0.